The normalized spacial score (nSPS) is 14.4. The molecule has 0 aliphatic heterocycles. The summed E-state index contributed by atoms with van der Waals surface area (Å²) in [5, 5.41) is 3.50. The maximum atomic E-state index is 6.37. The predicted molar refractivity (Wildman–Crippen MR) is 88.8 cm³/mol. The summed E-state index contributed by atoms with van der Waals surface area (Å²) in [5.41, 5.74) is 7.29. The van der Waals surface area contributed by atoms with Crippen LogP contribution in [0, 0.1) is 5.92 Å². The van der Waals surface area contributed by atoms with Crippen LogP contribution in [0.25, 0.3) is 0 Å². The van der Waals surface area contributed by atoms with Crippen LogP contribution in [0.4, 0.5) is 0 Å². The average molecular weight is 276 g/mol. The Morgan fingerprint density at radius 1 is 1.05 bits per heavy atom. The minimum Gasteiger partial charge on any atom is -0.321 e. The second kappa shape index (κ2) is 9.15. The van der Waals surface area contributed by atoms with Crippen LogP contribution < -0.4 is 11.1 Å². The van der Waals surface area contributed by atoms with Gasteiger partial charge in [-0.2, -0.15) is 0 Å². The monoisotopic (exact) mass is 276 g/mol. The number of hydrogen-bond acceptors (Lipinski definition) is 2. The summed E-state index contributed by atoms with van der Waals surface area (Å²) in [6.45, 7) is 8.60. The van der Waals surface area contributed by atoms with Crippen LogP contribution in [-0.2, 0) is 5.54 Å². The standard InChI is InChI=1S/C18H32N2/c1-16(2)11-7-4-5-10-14-20-15-18(3,19)17-12-8-6-9-13-17/h6,8-9,12-13,16,20H,4-5,7,10-11,14-15,19H2,1-3H3. The van der Waals surface area contributed by atoms with E-state index in [0.717, 1.165) is 19.0 Å². The molecule has 1 unspecified atom stereocenters. The average Bonchev–Trinajstić information content (AvgIpc) is 2.42. The Kier molecular flexibility index (Phi) is 7.86. The van der Waals surface area contributed by atoms with Crippen molar-refractivity contribution in [3.63, 3.8) is 0 Å². The van der Waals surface area contributed by atoms with Gasteiger partial charge in [-0.1, -0.05) is 69.9 Å². The molecule has 0 saturated heterocycles. The van der Waals surface area contributed by atoms with Gasteiger partial charge >= 0.3 is 0 Å². The highest BCUT2D eigenvalue weighted by molar-refractivity contribution is 5.23. The van der Waals surface area contributed by atoms with Crippen LogP contribution in [0.2, 0.25) is 0 Å². The zero-order valence-electron chi connectivity index (χ0n) is 13.5. The van der Waals surface area contributed by atoms with E-state index >= 15 is 0 Å². The summed E-state index contributed by atoms with van der Waals surface area (Å²) in [4.78, 5) is 0. The second-order valence-corrected chi connectivity index (χ2v) is 6.56. The van der Waals surface area contributed by atoms with Crippen LogP contribution in [0.3, 0.4) is 0 Å². The fourth-order valence-electron chi connectivity index (χ4n) is 2.43. The predicted octanol–water partition coefficient (Wildman–Crippen LogP) is 4.06. The highest BCUT2D eigenvalue weighted by atomic mass is 14.9. The molecule has 2 heteroatoms. The Morgan fingerprint density at radius 3 is 2.35 bits per heavy atom. The Labute approximate surface area is 125 Å². The first-order valence-electron chi connectivity index (χ1n) is 8.07. The van der Waals surface area contributed by atoms with Crippen molar-refractivity contribution in [3.8, 4) is 0 Å². The van der Waals surface area contributed by atoms with E-state index in [1.54, 1.807) is 0 Å². The molecular weight excluding hydrogens is 244 g/mol. The molecule has 1 rings (SSSR count). The summed E-state index contributed by atoms with van der Waals surface area (Å²) in [5.74, 6) is 0.844. The van der Waals surface area contributed by atoms with E-state index in [1.807, 2.05) is 6.07 Å². The SMILES string of the molecule is CC(C)CCCCCCNCC(C)(N)c1ccccc1. The van der Waals surface area contributed by atoms with Crippen LogP contribution >= 0.6 is 0 Å². The van der Waals surface area contributed by atoms with Gasteiger partial charge in [0, 0.05) is 6.54 Å². The Balaban J connectivity index is 2.09. The molecule has 0 bridgehead atoms. The molecule has 1 aromatic carbocycles. The first kappa shape index (κ1) is 17.2. The van der Waals surface area contributed by atoms with Crippen molar-refractivity contribution in [2.75, 3.05) is 13.1 Å². The molecule has 0 spiro atoms. The van der Waals surface area contributed by atoms with Gasteiger partial charge in [-0.15, -0.1) is 0 Å². The van der Waals surface area contributed by atoms with Crippen LogP contribution in [0.5, 0.6) is 0 Å². The summed E-state index contributed by atoms with van der Waals surface area (Å²) in [7, 11) is 0. The highest BCUT2D eigenvalue weighted by Crippen LogP contribution is 2.16. The van der Waals surface area contributed by atoms with Crippen molar-refractivity contribution in [1.82, 2.24) is 5.32 Å². The number of benzene rings is 1. The number of hydrogen-bond donors (Lipinski definition) is 2. The van der Waals surface area contributed by atoms with Gasteiger partial charge in [-0.05, 0) is 31.4 Å². The Hall–Kier alpha value is -0.860. The van der Waals surface area contributed by atoms with Gasteiger partial charge in [0.05, 0.1) is 5.54 Å². The van der Waals surface area contributed by atoms with Crippen molar-refractivity contribution in [1.29, 1.82) is 0 Å². The quantitative estimate of drug-likeness (QED) is 0.633. The third-order valence-corrected chi connectivity index (χ3v) is 3.81. The number of nitrogens with one attached hydrogen (secondary N) is 1. The van der Waals surface area contributed by atoms with Gasteiger partial charge in [0.2, 0.25) is 0 Å². The smallest absolute Gasteiger partial charge is 0.0507 e. The fraction of sp³-hybridized carbons (Fsp3) is 0.667. The molecule has 1 aromatic rings. The van der Waals surface area contributed by atoms with Crippen molar-refractivity contribution in [3.05, 3.63) is 35.9 Å². The van der Waals surface area contributed by atoms with Crippen LogP contribution in [-0.4, -0.2) is 13.1 Å². The minimum absolute atomic E-state index is 0.279. The van der Waals surface area contributed by atoms with Crippen LogP contribution in [0.15, 0.2) is 30.3 Å². The molecule has 3 N–H and O–H groups in total. The summed E-state index contributed by atoms with van der Waals surface area (Å²) < 4.78 is 0. The summed E-state index contributed by atoms with van der Waals surface area (Å²) >= 11 is 0. The molecule has 0 radical (unpaired) electrons. The van der Waals surface area contributed by atoms with Gasteiger partial charge in [0.1, 0.15) is 0 Å². The van der Waals surface area contributed by atoms with E-state index in [9.17, 15) is 0 Å². The molecule has 20 heavy (non-hydrogen) atoms. The molecule has 1 atom stereocenters. The van der Waals surface area contributed by atoms with E-state index < -0.39 is 0 Å². The maximum absolute atomic E-state index is 6.37. The highest BCUT2D eigenvalue weighted by Gasteiger charge is 2.19. The molecule has 114 valence electrons. The minimum atomic E-state index is -0.279. The first-order valence-corrected chi connectivity index (χ1v) is 8.07. The lowest BCUT2D eigenvalue weighted by molar-refractivity contribution is 0.437. The van der Waals surface area contributed by atoms with Crippen molar-refractivity contribution < 1.29 is 0 Å². The third-order valence-electron chi connectivity index (χ3n) is 3.81. The zero-order valence-corrected chi connectivity index (χ0v) is 13.5. The van der Waals surface area contributed by atoms with E-state index in [1.165, 1.54) is 37.7 Å². The number of unbranched alkanes of at least 4 members (excludes halogenated alkanes) is 3. The fourth-order valence-corrected chi connectivity index (χ4v) is 2.43. The lowest BCUT2D eigenvalue weighted by Gasteiger charge is -2.25. The van der Waals surface area contributed by atoms with Crippen molar-refractivity contribution >= 4 is 0 Å². The summed E-state index contributed by atoms with van der Waals surface area (Å²) in [6, 6.07) is 10.3. The van der Waals surface area contributed by atoms with E-state index in [2.05, 4.69) is 50.4 Å². The molecule has 0 saturated carbocycles. The van der Waals surface area contributed by atoms with Crippen molar-refractivity contribution in [2.24, 2.45) is 11.7 Å². The summed E-state index contributed by atoms with van der Waals surface area (Å²) in [6.07, 6.45) is 6.67. The van der Waals surface area contributed by atoms with Gasteiger partial charge in [0.15, 0.2) is 0 Å². The molecule has 0 fully saturated rings. The maximum Gasteiger partial charge on any atom is 0.0507 e. The van der Waals surface area contributed by atoms with Gasteiger partial charge in [-0.3, -0.25) is 0 Å². The zero-order chi connectivity index (χ0) is 14.8. The number of nitrogens with two attached hydrogens (primary N) is 1. The molecule has 0 aromatic heterocycles. The van der Waals surface area contributed by atoms with E-state index in [-0.39, 0.29) is 5.54 Å². The molecule has 0 aliphatic carbocycles. The van der Waals surface area contributed by atoms with Gasteiger partial charge in [0.25, 0.3) is 0 Å². The largest absolute Gasteiger partial charge is 0.321 e. The molecule has 0 amide bonds. The number of rotatable bonds is 10. The van der Waals surface area contributed by atoms with Gasteiger partial charge in [-0.25, -0.2) is 0 Å². The van der Waals surface area contributed by atoms with E-state index in [0.29, 0.717) is 0 Å². The van der Waals surface area contributed by atoms with Crippen molar-refractivity contribution in [2.45, 2.75) is 58.4 Å². The molecule has 0 heterocycles. The van der Waals surface area contributed by atoms with E-state index in [4.69, 9.17) is 5.73 Å². The topological polar surface area (TPSA) is 38.0 Å². The second-order valence-electron chi connectivity index (χ2n) is 6.56. The lowest BCUT2D eigenvalue weighted by atomic mass is 9.93. The van der Waals surface area contributed by atoms with Gasteiger partial charge < -0.3 is 11.1 Å². The Morgan fingerprint density at radius 2 is 1.70 bits per heavy atom. The molecular formula is C18H32N2. The Bertz CT molecular complexity index is 344. The van der Waals surface area contributed by atoms with Crippen LogP contribution in [0.1, 0.15) is 58.4 Å². The molecule has 0 aliphatic rings. The molecule has 2 nitrogen and oxygen atoms in total. The first-order chi connectivity index (χ1) is 9.52. The lowest BCUT2D eigenvalue weighted by Crippen LogP contribution is -2.43. The third kappa shape index (κ3) is 7.06.